The first kappa shape index (κ1) is 30.1. The van der Waals surface area contributed by atoms with Gasteiger partial charge in [0.2, 0.25) is 11.8 Å². The molecule has 3 aromatic carbocycles. The lowest BCUT2D eigenvalue weighted by atomic mass is 9.89. The molecule has 0 aliphatic carbocycles. The van der Waals surface area contributed by atoms with E-state index >= 15 is 0 Å². The summed E-state index contributed by atoms with van der Waals surface area (Å²) in [5, 5.41) is 0.605. The van der Waals surface area contributed by atoms with Crippen molar-refractivity contribution in [1.82, 2.24) is 4.90 Å². The van der Waals surface area contributed by atoms with Gasteiger partial charge in [-0.15, -0.1) is 0 Å². The molecule has 1 heterocycles. The van der Waals surface area contributed by atoms with E-state index in [1.807, 2.05) is 67.0 Å². The summed E-state index contributed by atoms with van der Waals surface area (Å²) in [4.78, 5) is 44.3. The van der Waals surface area contributed by atoms with Crippen LogP contribution in [-0.2, 0) is 9.59 Å². The molecule has 3 aromatic rings. The summed E-state index contributed by atoms with van der Waals surface area (Å²) in [6.45, 7) is 9.38. The van der Waals surface area contributed by atoms with E-state index in [2.05, 4.69) is 0 Å². The van der Waals surface area contributed by atoms with Crippen LogP contribution in [0.3, 0.4) is 0 Å². The van der Waals surface area contributed by atoms with Gasteiger partial charge in [-0.1, -0.05) is 29.8 Å². The smallest absolute Gasteiger partial charge is 0.258 e. The predicted molar refractivity (Wildman–Crippen MR) is 164 cm³/mol. The van der Waals surface area contributed by atoms with Crippen molar-refractivity contribution < 1.29 is 19.1 Å². The Balaban J connectivity index is 1.48. The van der Waals surface area contributed by atoms with Gasteiger partial charge in [-0.25, -0.2) is 0 Å². The predicted octanol–water partition coefficient (Wildman–Crippen LogP) is 6.90. The lowest BCUT2D eigenvalue weighted by Gasteiger charge is -2.43. The number of amides is 3. The normalized spacial score (nSPS) is 16.1. The summed E-state index contributed by atoms with van der Waals surface area (Å²) >= 11 is 6.10. The van der Waals surface area contributed by atoms with Crippen LogP contribution in [0.5, 0.6) is 5.75 Å². The molecule has 1 aliphatic rings. The number of rotatable bonds is 10. The van der Waals surface area contributed by atoms with Gasteiger partial charge >= 0.3 is 0 Å². The van der Waals surface area contributed by atoms with Gasteiger partial charge in [-0.05, 0) is 93.8 Å². The Morgan fingerprint density at radius 2 is 1.61 bits per heavy atom. The van der Waals surface area contributed by atoms with Crippen molar-refractivity contribution in [2.75, 3.05) is 29.5 Å². The molecule has 0 fully saturated rings. The molecule has 7 nitrogen and oxygen atoms in total. The van der Waals surface area contributed by atoms with E-state index in [9.17, 15) is 14.4 Å². The topological polar surface area (TPSA) is 70.2 Å². The molecule has 8 heteroatoms. The first-order valence-corrected chi connectivity index (χ1v) is 14.6. The minimum absolute atomic E-state index is 0.0767. The zero-order chi connectivity index (χ0) is 29.5. The third-order valence-electron chi connectivity index (χ3n) is 7.56. The molecular weight excluding hydrogens is 538 g/mol. The van der Waals surface area contributed by atoms with Gasteiger partial charge in [-0.3, -0.25) is 14.4 Å². The van der Waals surface area contributed by atoms with E-state index in [-0.39, 0.29) is 29.8 Å². The molecule has 2 unspecified atom stereocenters. The first-order valence-electron chi connectivity index (χ1n) is 14.2. The maximum Gasteiger partial charge on any atom is 0.258 e. The van der Waals surface area contributed by atoms with Gasteiger partial charge in [0, 0.05) is 54.4 Å². The molecule has 0 saturated heterocycles. The number of para-hydroxylation sites is 1. The second-order valence-corrected chi connectivity index (χ2v) is 10.7. The van der Waals surface area contributed by atoms with Crippen molar-refractivity contribution in [2.24, 2.45) is 0 Å². The van der Waals surface area contributed by atoms with Crippen LogP contribution in [-0.4, -0.2) is 48.4 Å². The number of carbonyl (C=O) groups is 3. The van der Waals surface area contributed by atoms with Crippen LogP contribution >= 0.6 is 11.6 Å². The summed E-state index contributed by atoms with van der Waals surface area (Å²) in [7, 11) is 0. The molecule has 0 bridgehead atoms. The molecule has 0 aromatic heterocycles. The van der Waals surface area contributed by atoms with E-state index in [0.29, 0.717) is 55.3 Å². The third kappa shape index (κ3) is 6.91. The molecule has 0 N–H and O–H groups in total. The largest absolute Gasteiger partial charge is 0.494 e. The highest BCUT2D eigenvalue weighted by Crippen LogP contribution is 2.43. The molecule has 0 saturated carbocycles. The number of anilines is 2. The van der Waals surface area contributed by atoms with Gasteiger partial charge in [0.05, 0.1) is 12.6 Å². The minimum Gasteiger partial charge on any atom is -0.494 e. The zero-order valence-electron chi connectivity index (χ0n) is 24.2. The van der Waals surface area contributed by atoms with Crippen LogP contribution in [0.4, 0.5) is 11.4 Å². The first-order chi connectivity index (χ1) is 19.7. The summed E-state index contributed by atoms with van der Waals surface area (Å²) in [6.07, 6.45) is 1.66. The third-order valence-corrected chi connectivity index (χ3v) is 7.81. The Labute approximate surface area is 247 Å². The molecule has 2 atom stereocenters. The van der Waals surface area contributed by atoms with Crippen LogP contribution in [0.15, 0.2) is 72.8 Å². The zero-order valence-corrected chi connectivity index (χ0v) is 24.9. The number of fused-ring (bicyclic) bond motifs is 1. The molecule has 0 radical (unpaired) electrons. The van der Waals surface area contributed by atoms with Gasteiger partial charge in [0.1, 0.15) is 5.75 Å². The lowest BCUT2D eigenvalue weighted by Crippen LogP contribution is -2.47. The van der Waals surface area contributed by atoms with E-state index in [1.165, 1.54) is 0 Å². The number of hydrogen-bond acceptors (Lipinski definition) is 4. The Bertz CT molecular complexity index is 1360. The Morgan fingerprint density at radius 3 is 2.24 bits per heavy atom. The molecule has 4 rings (SSSR count). The van der Waals surface area contributed by atoms with Gasteiger partial charge in [-0.2, -0.15) is 0 Å². The van der Waals surface area contributed by atoms with Crippen molar-refractivity contribution in [3.63, 3.8) is 0 Å². The highest BCUT2D eigenvalue weighted by Gasteiger charge is 2.38. The molecule has 41 heavy (non-hydrogen) atoms. The number of carbonyl (C=O) groups excluding carboxylic acids is 3. The fraction of sp³-hybridized carbons (Fsp3) is 0.364. The van der Waals surface area contributed by atoms with Gasteiger partial charge < -0.3 is 19.4 Å². The van der Waals surface area contributed by atoms with E-state index in [1.54, 1.807) is 48.2 Å². The van der Waals surface area contributed by atoms with Crippen molar-refractivity contribution in [1.29, 1.82) is 0 Å². The number of benzene rings is 3. The van der Waals surface area contributed by atoms with Crippen molar-refractivity contribution in [2.45, 2.75) is 59.0 Å². The minimum atomic E-state index is -0.228. The van der Waals surface area contributed by atoms with Crippen LogP contribution < -0.4 is 14.5 Å². The second kappa shape index (κ2) is 13.7. The summed E-state index contributed by atoms with van der Waals surface area (Å²) in [5.74, 6) is 0.606. The van der Waals surface area contributed by atoms with Crippen LogP contribution in [0, 0.1) is 0 Å². The van der Waals surface area contributed by atoms with E-state index in [0.717, 1.165) is 16.9 Å². The molecular formula is C33H38ClN3O4. The van der Waals surface area contributed by atoms with Crippen molar-refractivity contribution in [3.05, 3.63) is 88.9 Å². The standard InChI is InChI=1S/C33H38ClN3O4/c1-5-35(6-2)32(39)12-9-21-41-28-19-13-25(14-20-28)33(40)36-23(3)22-31(29-10-7-8-11-30(29)36)37(24(4)38)27-17-15-26(34)16-18-27/h7-8,10-11,13-20,23,31H,5-6,9,12,21-22H2,1-4H3. The van der Waals surface area contributed by atoms with Crippen molar-refractivity contribution >= 4 is 40.7 Å². The highest BCUT2D eigenvalue weighted by atomic mass is 35.5. The molecule has 0 spiro atoms. The molecule has 3 amide bonds. The van der Waals surface area contributed by atoms with Crippen LogP contribution in [0.25, 0.3) is 0 Å². The maximum atomic E-state index is 13.8. The van der Waals surface area contributed by atoms with Crippen LogP contribution in [0.2, 0.25) is 5.02 Å². The Kier molecular flexibility index (Phi) is 10.1. The Hall–Kier alpha value is -3.84. The summed E-state index contributed by atoms with van der Waals surface area (Å²) in [5.41, 5.74) is 3.03. The summed E-state index contributed by atoms with van der Waals surface area (Å²) in [6, 6.07) is 21.8. The Morgan fingerprint density at radius 1 is 0.951 bits per heavy atom. The number of nitrogens with zero attached hydrogens (tertiary/aromatic N) is 3. The monoisotopic (exact) mass is 575 g/mol. The van der Waals surface area contributed by atoms with Gasteiger partial charge in [0.15, 0.2) is 0 Å². The maximum absolute atomic E-state index is 13.8. The summed E-state index contributed by atoms with van der Waals surface area (Å²) < 4.78 is 5.83. The van der Waals surface area contributed by atoms with Crippen LogP contribution in [0.1, 0.15) is 68.9 Å². The fourth-order valence-electron chi connectivity index (χ4n) is 5.50. The van der Waals surface area contributed by atoms with Gasteiger partial charge in [0.25, 0.3) is 5.91 Å². The fourth-order valence-corrected chi connectivity index (χ4v) is 5.63. The highest BCUT2D eigenvalue weighted by molar-refractivity contribution is 6.30. The van der Waals surface area contributed by atoms with Crippen molar-refractivity contribution in [3.8, 4) is 5.75 Å². The average molecular weight is 576 g/mol. The second-order valence-electron chi connectivity index (χ2n) is 10.2. The number of halogens is 1. The lowest BCUT2D eigenvalue weighted by molar-refractivity contribution is -0.131. The number of ether oxygens (including phenoxy) is 1. The van der Waals surface area contributed by atoms with E-state index in [4.69, 9.17) is 16.3 Å². The quantitative estimate of drug-likeness (QED) is 0.247. The van der Waals surface area contributed by atoms with E-state index < -0.39 is 0 Å². The average Bonchev–Trinajstić information content (AvgIpc) is 2.97. The SMILES string of the molecule is CCN(CC)C(=O)CCCOc1ccc(C(=O)N2c3ccccc3C(N(C(C)=O)c3ccc(Cl)cc3)CC2C)cc1. The molecule has 1 aliphatic heterocycles. The number of hydrogen-bond donors (Lipinski definition) is 0. The molecule has 216 valence electrons.